The zero-order valence-corrected chi connectivity index (χ0v) is 11.9. The summed E-state index contributed by atoms with van der Waals surface area (Å²) in [5.41, 5.74) is 0.855. The second-order valence-electron chi connectivity index (χ2n) is 4.24. The predicted octanol–water partition coefficient (Wildman–Crippen LogP) is 2.31. The monoisotopic (exact) mass is 283 g/mol. The minimum absolute atomic E-state index is 0.440. The molecule has 0 amide bonds. The third-order valence-corrected chi connectivity index (χ3v) is 3.15. The van der Waals surface area contributed by atoms with E-state index in [9.17, 15) is 0 Å². The van der Waals surface area contributed by atoms with E-state index in [4.69, 9.17) is 16.3 Å². The number of aromatic nitrogens is 4. The molecule has 2 heterocycles. The minimum Gasteiger partial charge on any atom is -0.380 e. The van der Waals surface area contributed by atoms with Crippen LogP contribution in [-0.2, 0) is 4.74 Å². The van der Waals surface area contributed by atoms with Gasteiger partial charge in [-0.15, -0.1) is 0 Å². The van der Waals surface area contributed by atoms with Crippen LogP contribution in [0.25, 0.3) is 5.78 Å². The summed E-state index contributed by atoms with van der Waals surface area (Å²) < 4.78 is 7.15. The molecule has 0 radical (unpaired) electrons. The normalized spacial score (nSPS) is 11.1. The molecule has 0 spiro atoms. The Hall–Kier alpha value is -1.40. The fourth-order valence-corrected chi connectivity index (χ4v) is 1.86. The molecule has 0 aliphatic carbocycles. The molecule has 0 aliphatic rings. The lowest BCUT2D eigenvalue weighted by Crippen LogP contribution is -2.14. The summed E-state index contributed by atoms with van der Waals surface area (Å²) in [6.45, 7) is 6.19. The first-order valence-electron chi connectivity index (χ1n) is 6.41. The van der Waals surface area contributed by atoms with Crippen LogP contribution in [0.3, 0.4) is 0 Å². The predicted molar refractivity (Wildman–Crippen MR) is 74.7 cm³/mol. The van der Waals surface area contributed by atoms with Crippen LogP contribution >= 0.6 is 11.6 Å². The summed E-state index contributed by atoms with van der Waals surface area (Å²) in [6, 6.07) is 0. The van der Waals surface area contributed by atoms with Crippen LogP contribution in [0, 0.1) is 6.92 Å². The van der Waals surface area contributed by atoms with Crippen LogP contribution in [0.1, 0.15) is 25.3 Å². The van der Waals surface area contributed by atoms with Crippen molar-refractivity contribution in [1.29, 1.82) is 0 Å². The SMILES string of the molecule is CCCCOCCNc1c(C)c(Cl)nc2ncnn12. The summed E-state index contributed by atoms with van der Waals surface area (Å²) in [6.07, 6.45) is 3.69. The second-order valence-corrected chi connectivity index (χ2v) is 4.60. The highest BCUT2D eigenvalue weighted by molar-refractivity contribution is 6.30. The van der Waals surface area contributed by atoms with Crippen molar-refractivity contribution in [2.45, 2.75) is 26.7 Å². The Morgan fingerprint density at radius 2 is 2.26 bits per heavy atom. The molecule has 0 atom stereocenters. The fraction of sp³-hybridized carbons (Fsp3) is 0.583. The molecular weight excluding hydrogens is 266 g/mol. The first-order valence-corrected chi connectivity index (χ1v) is 6.79. The van der Waals surface area contributed by atoms with Crippen molar-refractivity contribution >= 4 is 23.2 Å². The van der Waals surface area contributed by atoms with E-state index < -0.39 is 0 Å². The molecule has 2 aromatic heterocycles. The fourth-order valence-electron chi connectivity index (χ4n) is 1.70. The number of hydrogen-bond acceptors (Lipinski definition) is 5. The minimum atomic E-state index is 0.440. The zero-order valence-electron chi connectivity index (χ0n) is 11.2. The summed E-state index contributed by atoms with van der Waals surface area (Å²) >= 11 is 6.07. The van der Waals surface area contributed by atoms with Crippen molar-refractivity contribution in [3.63, 3.8) is 0 Å². The van der Waals surface area contributed by atoms with Gasteiger partial charge in [0.1, 0.15) is 17.3 Å². The van der Waals surface area contributed by atoms with E-state index in [1.165, 1.54) is 6.33 Å². The summed E-state index contributed by atoms with van der Waals surface area (Å²) in [5.74, 6) is 1.30. The maximum Gasteiger partial charge on any atom is 0.255 e. The van der Waals surface area contributed by atoms with E-state index in [1.807, 2.05) is 6.92 Å². The van der Waals surface area contributed by atoms with Crippen LogP contribution < -0.4 is 5.32 Å². The Morgan fingerprint density at radius 3 is 3.05 bits per heavy atom. The van der Waals surface area contributed by atoms with Gasteiger partial charge in [0.05, 0.1) is 6.61 Å². The van der Waals surface area contributed by atoms with Crippen LogP contribution in [0.4, 0.5) is 5.82 Å². The molecular formula is C12H18ClN5O. The molecule has 0 fully saturated rings. The van der Waals surface area contributed by atoms with Gasteiger partial charge in [-0.3, -0.25) is 0 Å². The number of nitrogens with one attached hydrogen (secondary N) is 1. The quantitative estimate of drug-likeness (QED) is 0.624. The van der Waals surface area contributed by atoms with Gasteiger partial charge in [-0.05, 0) is 13.3 Å². The third-order valence-electron chi connectivity index (χ3n) is 2.79. The highest BCUT2D eigenvalue weighted by atomic mass is 35.5. The number of ether oxygens (including phenoxy) is 1. The first kappa shape index (κ1) is 14.0. The van der Waals surface area contributed by atoms with Crippen molar-refractivity contribution in [3.8, 4) is 0 Å². The van der Waals surface area contributed by atoms with Gasteiger partial charge in [0.15, 0.2) is 0 Å². The van der Waals surface area contributed by atoms with Gasteiger partial charge in [-0.1, -0.05) is 24.9 Å². The molecule has 0 aromatic carbocycles. The number of fused-ring (bicyclic) bond motifs is 1. The molecule has 2 rings (SSSR count). The Balaban J connectivity index is 1.99. The Labute approximate surface area is 117 Å². The molecule has 0 unspecified atom stereocenters. The van der Waals surface area contributed by atoms with Gasteiger partial charge in [-0.25, -0.2) is 0 Å². The van der Waals surface area contributed by atoms with Gasteiger partial charge in [-0.2, -0.15) is 19.6 Å². The molecule has 7 heteroatoms. The second kappa shape index (κ2) is 6.68. The lowest BCUT2D eigenvalue weighted by atomic mass is 10.3. The van der Waals surface area contributed by atoms with Crippen LogP contribution in [0.2, 0.25) is 5.15 Å². The first-order chi connectivity index (χ1) is 9.24. The lowest BCUT2D eigenvalue weighted by molar-refractivity contribution is 0.141. The third kappa shape index (κ3) is 3.33. The number of anilines is 1. The summed E-state index contributed by atoms with van der Waals surface area (Å²) in [4.78, 5) is 8.18. The van der Waals surface area contributed by atoms with Gasteiger partial charge in [0, 0.05) is 18.7 Å². The van der Waals surface area contributed by atoms with E-state index in [-0.39, 0.29) is 0 Å². The Bertz CT molecular complexity index is 542. The van der Waals surface area contributed by atoms with Crippen LogP contribution in [0.15, 0.2) is 6.33 Å². The number of halogens is 1. The van der Waals surface area contributed by atoms with Crippen molar-refractivity contribution in [2.24, 2.45) is 0 Å². The Kier molecular flexibility index (Phi) is 4.93. The van der Waals surface area contributed by atoms with Crippen LogP contribution in [0.5, 0.6) is 0 Å². The van der Waals surface area contributed by atoms with Gasteiger partial charge in [0.2, 0.25) is 0 Å². The van der Waals surface area contributed by atoms with Crippen LogP contribution in [-0.4, -0.2) is 39.3 Å². The molecule has 104 valence electrons. The average molecular weight is 284 g/mol. The number of rotatable bonds is 7. The van der Waals surface area contributed by atoms with Gasteiger partial charge < -0.3 is 10.1 Å². The maximum atomic E-state index is 6.07. The van der Waals surface area contributed by atoms with E-state index in [0.29, 0.717) is 24.1 Å². The molecule has 0 saturated heterocycles. The van der Waals surface area contributed by atoms with Gasteiger partial charge in [0.25, 0.3) is 5.78 Å². The zero-order chi connectivity index (χ0) is 13.7. The molecule has 1 N–H and O–H groups in total. The standard InChI is InChI=1S/C12H18ClN5O/c1-3-4-6-19-7-5-14-11-9(2)10(13)17-12-15-8-16-18(11)12/h8,14H,3-7H2,1-2H3. The summed E-state index contributed by atoms with van der Waals surface area (Å²) in [7, 11) is 0. The molecule has 2 aromatic rings. The molecule has 6 nitrogen and oxygen atoms in total. The molecule has 19 heavy (non-hydrogen) atoms. The van der Waals surface area contributed by atoms with Crippen molar-refractivity contribution < 1.29 is 4.74 Å². The molecule has 0 saturated carbocycles. The van der Waals surface area contributed by atoms with E-state index in [0.717, 1.165) is 30.8 Å². The largest absolute Gasteiger partial charge is 0.380 e. The van der Waals surface area contributed by atoms with Crippen molar-refractivity contribution in [2.75, 3.05) is 25.1 Å². The van der Waals surface area contributed by atoms with E-state index in [2.05, 4.69) is 27.3 Å². The summed E-state index contributed by atoms with van der Waals surface area (Å²) in [5, 5.41) is 7.84. The van der Waals surface area contributed by atoms with Crippen molar-refractivity contribution in [1.82, 2.24) is 19.6 Å². The van der Waals surface area contributed by atoms with E-state index >= 15 is 0 Å². The number of unbranched alkanes of at least 4 members (excludes halogenated alkanes) is 1. The molecule has 0 aliphatic heterocycles. The van der Waals surface area contributed by atoms with Gasteiger partial charge >= 0.3 is 0 Å². The Morgan fingerprint density at radius 1 is 1.42 bits per heavy atom. The topological polar surface area (TPSA) is 64.3 Å². The maximum absolute atomic E-state index is 6.07. The number of hydrogen-bond donors (Lipinski definition) is 1. The smallest absolute Gasteiger partial charge is 0.255 e. The highest BCUT2D eigenvalue weighted by Gasteiger charge is 2.11. The van der Waals surface area contributed by atoms with Crippen molar-refractivity contribution in [3.05, 3.63) is 17.0 Å². The number of nitrogens with zero attached hydrogens (tertiary/aromatic N) is 4. The molecule has 0 bridgehead atoms. The van der Waals surface area contributed by atoms with E-state index in [1.54, 1.807) is 4.52 Å². The average Bonchev–Trinajstić information content (AvgIpc) is 2.85. The highest BCUT2D eigenvalue weighted by Crippen LogP contribution is 2.21. The lowest BCUT2D eigenvalue weighted by Gasteiger charge is -2.11.